The van der Waals surface area contributed by atoms with Gasteiger partial charge in [0.25, 0.3) is 11.8 Å². The van der Waals surface area contributed by atoms with E-state index >= 15 is 0 Å². The third-order valence-corrected chi connectivity index (χ3v) is 8.25. The lowest BCUT2D eigenvalue weighted by atomic mass is 9.98. The minimum absolute atomic E-state index is 0.0416. The van der Waals surface area contributed by atoms with Gasteiger partial charge in [-0.3, -0.25) is 20.4 Å². The summed E-state index contributed by atoms with van der Waals surface area (Å²) in [5.41, 5.74) is 4.37. The van der Waals surface area contributed by atoms with Crippen LogP contribution in [0.2, 0.25) is 0 Å². The highest BCUT2D eigenvalue weighted by atomic mass is 19.4. The molecule has 0 radical (unpaired) electrons. The number of hydrogen-bond acceptors (Lipinski definition) is 4. The Morgan fingerprint density at radius 1 is 0.397 bits per heavy atom. The van der Waals surface area contributed by atoms with E-state index in [-0.39, 0.29) is 74.4 Å². The van der Waals surface area contributed by atoms with E-state index in [2.05, 4.69) is 10.9 Å². The molecule has 0 atom stereocenters. The molecule has 24 heteroatoms. The van der Waals surface area contributed by atoms with Gasteiger partial charge in [0.05, 0.1) is 13.2 Å². The second-order valence-corrected chi connectivity index (χ2v) is 12.7. The number of carbonyl (C=O) groups excluding carboxylic acids is 2. The summed E-state index contributed by atoms with van der Waals surface area (Å²) in [7, 11) is 0. The summed E-state index contributed by atoms with van der Waals surface area (Å²) in [6.45, 7) is -0.0984. The molecule has 2 aromatic rings. The molecule has 6 nitrogen and oxygen atoms in total. The predicted octanol–water partition coefficient (Wildman–Crippen LogP) is 11.4. The highest BCUT2D eigenvalue weighted by Gasteiger charge is 2.82. The van der Waals surface area contributed by atoms with Crippen LogP contribution in [0, 0.1) is 0 Å². The van der Waals surface area contributed by atoms with Gasteiger partial charge in [-0.1, -0.05) is 25.7 Å². The van der Waals surface area contributed by atoms with Crippen LogP contribution < -0.4 is 20.3 Å². The molecule has 58 heavy (non-hydrogen) atoms. The molecule has 0 saturated heterocycles. The highest BCUT2D eigenvalue weighted by Crippen LogP contribution is 2.55. The number of benzene rings is 2. The van der Waals surface area contributed by atoms with Crippen molar-refractivity contribution < 1.29 is 98.1 Å². The largest absolute Gasteiger partial charge is 0.494 e. The average Bonchev–Trinajstić information content (AvgIpc) is 3.12. The van der Waals surface area contributed by atoms with Gasteiger partial charge in [0.1, 0.15) is 11.5 Å². The first-order valence-corrected chi connectivity index (χ1v) is 16.9. The fourth-order valence-electron chi connectivity index (χ4n) is 4.78. The Morgan fingerprint density at radius 3 is 0.948 bits per heavy atom. The monoisotopic (exact) mass is 876 g/mol. The van der Waals surface area contributed by atoms with Crippen molar-refractivity contribution in [2.45, 2.75) is 112 Å². The molecule has 0 unspecified atom stereocenters. The molecule has 0 heterocycles. The first-order chi connectivity index (χ1) is 26.4. The van der Waals surface area contributed by atoms with Gasteiger partial charge in [-0.15, -0.1) is 0 Å². The molecule has 2 aromatic carbocycles. The molecule has 2 N–H and O–H groups in total. The maximum absolute atomic E-state index is 13.6. The van der Waals surface area contributed by atoms with Crippen LogP contribution in [0.3, 0.4) is 0 Å². The summed E-state index contributed by atoms with van der Waals surface area (Å²) in [5, 5.41) is 0. The molecule has 2 amide bonds. The van der Waals surface area contributed by atoms with Crippen molar-refractivity contribution in [2.24, 2.45) is 0 Å². The minimum atomic E-state index is -6.93. The van der Waals surface area contributed by atoms with Crippen LogP contribution in [0.15, 0.2) is 48.5 Å². The maximum atomic E-state index is 13.6. The smallest absolute Gasteiger partial charge is 0.460 e. The van der Waals surface area contributed by atoms with E-state index in [1.165, 1.54) is 48.5 Å². The van der Waals surface area contributed by atoms with Gasteiger partial charge in [-0.05, 0) is 74.2 Å². The number of rotatable bonds is 22. The number of hydrogen-bond donors (Lipinski definition) is 2. The van der Waals surface area contributed by atoms with E-state index in [4.69, 9.17) is 9.47 Å². The normalized spacial score (nSPS) is 13.6. The Balaban J connectivity index is 1.67. The van der Waals surface area contributed by atoms with Gasteiger partial charge < -0.3 is 9.47 Å². The third-order valence-electron chi connectivity index (χ3n) is 8.25. The van der Waals surface area contributed by atoms with Crippen LogP contribution in [0.25, 0.3) is 0 Å². The van der Waals surface area contributed by atoms with Crippen molar-refractivity contribution in [3.63, 3.8) is 0 Å². The highest BCUT2D eigenvalue weighted by molar-refractivity contribution is 5.99. The molecule has 0 fully saturated rings. The molecule has 2 rings (SSSR count). The van der Waals surface area contributed by atoms with E-state index in [0.29, 0.717) is 0 Å². The van der Waals surface area contributed by atoms with Crippen LogP contribution in [-0.4, -0.2) is 72.9 Å². The second kappa shape index (κ2) is 19.2. The number of nitrogens with one attached hydrogen (secondary N) is 2. The molecule has 330 valence electrons. The van der Waals surface area contributed by atoms with E-state index in [0.717, 1.165) is 0 Å². The molecule has 0 aromatic heterocycles. The average molecular weight is 877 g/mol. The van der Waals surface area contributed by atoms with E-state index in [1.807, 2.05) is 0 Å². The van der Waals surface area contributed by atoms with Gasteiger partial charge in [-0.25, -0.2) is 0 Å². The summed E-state index contributed by atoms with van der Waals surface area (Å²) in [6, 6.07) is 10.5. The Bertz CT molecular complexity index is 1490. The predicted molar refractivity (Wildman–Crippen MR) is 167 cm³/mol. The third kappa shape index (κ3) is 12.1. The van der Waals surface area contributed by atoms with E-state index in [9.17, 15) is 88.6 Å². The minimum Gasteiger partial charge on any atom is -0.494 e. The zero-order valence-electron chi connectivity index (χ0n) is 29.5. The zero-order chi connectivity index (χ0) is 44.4. The summed E-state index contributed by atoms with van der Waals surface area (Å²) in [4.78, 5) is 24.8. The van der Waals surface area contributed by atoms with Gasteiger partial charge >= 0.3 is 47.9 Å². The fourth-order valence-corrected chi connectivity index (χ4v) is 4.78. The number of unbranched alkanes of at least 4 members (excludes halogenated alkanes) is 6. The van der Waals surface area contributed by atoms with E-state index < -0.39 is 85.4 Å². The Morgan fingerprint density at radius 2 is 0.672 bits per heavy atom. The van der Waals surface area contributed by atoms with Gasteiger partial charge in [0.15, 0.2) is 0 Å². The number of halogens is 18. The van der Waals surface area contributed by atoms with Crippen molar-refractivity contribution >= 4 is 11.8 Å². The van der Waals surface area contributed by atoms with Crippen molar-refractivity contribution in [1.29, 1.82) is 0 Å². The quantitative estimate of drug-likeness (QED) is 0.0702. The van der Waals surface area contributed by atoms with Crippen LogP contribution in [0.5, 0.6) is 11.5 Å². The molecule has 0 saturated carbocycles. The van der Waals surface area contributed by atoms with Gasteiger partial charge in [0, 0.05) is 24.0 Å². The lowest BCUT2D eigenvalue weighted by molar-refractivity contribution is -0.396. The molecule has 0 bridgehead atoms. The fraction of sp³-hybridized carbons (Fsp3) is 0.588. The molecular formula is C34H34F18N2O4. The van der Waals surface area contributed by atoms with Crippen molar-refractivity contribution in [3.8, 4) is 11.5 Å². The maximum Gasteiger partial charge on any atom is 0.460 e. The first kappa shape index (κ1) is 49.9. The number of amides is 2. The van der Waals surface area contributed by atoms with Crippen LogP contribution >= 0.6 is 0 Å². The molecular weight excluding hydrogens is 842 g/mol. The summed E-state index contributed by atoms with van der Waals surface area (Å²) in [6.07, 6.45) is -19.2. The van der Waals surface area contributed by atoms with E-state index in [1.54, 1.807) is 0 Å². The first-order valence-electron chi connectivity index (χ1n) is 16.9. The number of alkyl halides is 18. The molecule has 0 aliphatic heterocycles. The van der Waals surface area contributed by atoms with Crippen LogP contribution in [-0.2, 0) is 0 Å². The Labute approximate surface area is 317 Å². The lowest BCUT2D eigenvalue weighted by Crippen LogP contribution is -2.60. The lowest BCUT2D eigenvalue weighted by Gasteiger charge is -2.33. The molecule has 0 spiro atoms. The summed E-state index contributed by atoms with van der Waals surface area (Å²) in [5.74, 6) is -39.5. The molecule has 0 aliphatic rings. The second-order valence-electron chi connectivity index (χ2n) is 12.7. The van der Waals surface area contributed by atoms with Crippen molar-refractivity contribution in [3.05, 3.63) is 59.7 Å². The number of carbonyl (C=O) groups is 2. The van der Waals surface area contributed by atoms with Gasteiger partial charge in [-0.2, -0.15) is 79.0 Å². The SMILES string of the molecule is O=C(NNC(=O)c1ccc(OCCCCCCC(F)(F)C(F)(F)C(F)(F)C(F)(F)F)cc1)c1ccc(OCCCCCCC(F)(F)C(F)(F)C(F)(F)C(F)(F)F)cc1. The van der Waals surface area contributed by atoms with Gasteiger partial charge in [0.2, 0.25) is 0 Å². The topological polar surface area (TPSA) is 76.7 Å². The summed E-state index contributed by atoms with van der Waals surface area (Å²) >= 11 is 0. The Kier molecular flexibility index (Phi) is 16.5. The Hall–Kier alpha value is -4.28. The van der Waals surface area contributed by atoms with Crippen molar-refractivity contribution in [2.75, 3.05) is 13.2 Å². The number of ether oxygens (including phenoxy) is 2. The van der Waals surface area contributed by atoms with Crippen molar-refractivity contribution in [1.82, 2.24) is 10.9 Å². The number of hydrazine groups is 1. The standard InChI is InChI=1S/C34H34F18N2O4/c35-27(36,29(39,40)31(43,44)33(47,48)49)17-5-1-3-7-19-57-23-13-9-21(10-14-23)25(55)53-54-26(56)22-11-15-24(16-12-22)58-20-8-4-2-6-18-28(37,38)30(41,42)32(45,46)34(50,51)52/h9-16H,1-8,17-20H2,(H,53,55)(H,54,56). The molecule has 0 aliphatic carbocycles. The van der Waals surface area contributed by atoms with Crippen LogP contribution in [0.4, 0.5) is 79.0 Å². The van der Waals surface area contributed by atoms with Crippen LogP contribution in [0.1, 0.15) is 84.9 Å². The summed E-state index contributed by atoms with van der Waals surface area (Å²) < 4.78 is 243. The zero-order valence-corrected chi connectivity index (χ0v) is 29.5.